The lowest BCUT2D eigenvalue weighted by Gasteiger charge is -2.23. The number of carbonyl (C=O) groups is 1. The lowest BCUT2D eigenvalue weighted by Crippen LogP contribution is -2.32. The van der Waals surface area contributed by atoms with Crippen LogP contribution in [0.25, 0.3) is 6.08 Å². The van der Waals surface area contributed by atoms with Crippen molar-refractivity contribution in [2.75, 3.05) is 6.61 Å². The molecule has 0 amide bonds. The SMILES string of the molecule is O=C(O)C1Oc2ccccc2C=C1CO. The Morgan fingerprint density at radius 1 is 1.40 bits per heavy atom. The zero-order valence-corrected chi connectivity index (χ0v) is 7.88. The maximum absolute atomic E-state index is 10.9. The third-order valence-electron chi connectivity index (χ3n) is 2.25. The van der Waals surface area contributed by atoms with Gasteiger partial charge in [-0.25, -0.2) is 4.79 Å². The molecule has 1 unspecified atom stereocenters. The molecule has 0 aromatic heterocycles. The standard InChI is InChI=1S/C11H10O4/c12-6-8-5-7-3-1-2-4-9(7)15-10(8)11(13)14/h1-5,10,12H,6H2,(H,13,14). The van der Waals surface area contributed by atoms with Gasteiger partial charge < -0.3 is 14.9 Å². The minimum atomic E-state index is -1.09. The molecule has 0 spiro atoms. The van der Waals surface area contributed by atoms with Gasteiger partial charge in [-0.1, -0.05) is 18.2 Å². The smallest absolute Gasteiger partial charge is 0.349 e. The molecular formula is C11H10O4. The second-order valence-electron chi connectivity index (χ2n) is 3.25. The average Bonchev–Trinajstić information content (AvgIpc) is 2.27. The highest BCUT2D eigenvalue weighted by molar-refractivity contribution is 5.81. The van der Waals surface area contributed by atoms with Crippen molar-refractivity contribution in [3.8, 4) is 5.75 Å². The number of carboxylic acids is 1. The first-order valence-electron chi connectivity index (χ1n) is 4.52. The van der Waals surface area contributed by atoms with Crippen molar-refractivity contribution in [2.24, 2.45) is 0 Å². The Bertz CT molecular complexity index is 422. The van der Waals surface area contributed by atoms with Gasteiger partial charge in [-0.05, 0) is 12.1 Å². The molecule has 2 rings (SSSR count). The van der Waals surface area contributed by atoms with E-state index in [9.17, 15) is 4.79 Å². The Labute approximate surface area is 86.4 Å². The number of aliphatic hydroxyl groups excluding tert-OH is 1. The fourth-order valence-corrected chi connectivity index (χ4v) is 1.52. The lowest BCUT2D eigenvalue weighted by molar-refractivity contribution is -0.143. The highest BCUT2D eigenvalue weighted by Gasteiger charge is 2.28. The first-order chi connectivity index (χ1) is 7.22. The summed E-state index contributed by atoms with van der Waals surface area (Å²) in [7, 11) is 0. The van der Waals surface area contributed by atoms with Crippen LogP contribution in [-0.4, -0.2) is 28.9 Å². The zero-order chi connectivity index (χ0) is 10.8. The Morgan fingerprint density at radius 2 is 2.13 bits per heavy atom. The number of benzene rings is 1. The normalized spacial score (nSPS) is 18.7. The second-order valence-corrected chi connectivity index (χ2v) is 3.25. The van der Waals surface area contributed by atoms with Crippen molar-refractivity contribution >= 4 is 12.0 Å². The van der Waals surface area contributed by atoms with E-state index in [-0.39, 0.29) is 6.61 Å². The summed E-state index contributed by atoms with van der Waals surface area (Å²) in [5.41, 5.74) is 1.15. The average molecular weight is 206 g/mol. The molecule has 4 heteroatoms. The molecule has 1 atom stereocenters. The van der Waals surface area contributed by atoms with Crippen LogP contribution in [0.4, 0.5) is 0 Å². The van der Waals surface area contributed by atoms with Crippen LogP contribution in [0.2, 0.25) is 0 Å². The molecule has 0 aliphatic carbocycles. The minimum Gasteiger partial charge on any atom is -0.478 e. The van der Waals surface area contributed by atoms with E-state index in [1.54, 1.807) is 18.2 Å². The maximum atomic E-state index is 10.9. The fraction of sp³-hybridized carbons (Fsp3) is 0.182. The van der Waals surface area contributed by atoms with Crippen molar-refractivity contribution in [3.63, 3.8) is 0 Å². The van der Waals surface area contributed by atoms with Crippen molar-refractivity contribution < 1.29 is 19.7 Å². The predicted octanol–water partition coefficient (Wildman–Crippen LogP) is 0.908. The molecule has 2 N–H and O–H groups in total. The summed E-state index contributed by atoms with van der Waals surface area (Å²) in [4.78, 5) is 10.9. The number of hydrogen-bond donors (Lipinski definition) is 2. The molecular weight excluding hydrogens is 196 g/mol. The second kappa shape index (κ2) is 3.74. The third-order valence-corrected chi connectivity index (χ3v) is 2.25. The van der Waals surface area contributed by atoms with E-state index in [1.807, 2.05) is 12.1 Å². The van der Waals surface area contributed by atoms with Gasteiger partial charge in [-0.15, -0.1) is 0 Å². The summed E-state index contributed by atoms with van der Waals surface area (Å²) in [6.45, 7) is -0.314. The summed E-state index contributed by atoms with van der Waals surface area (Å²) in [5.74, 6) is -0.563. The van der Waals surface area contributed by atoms with Crippen LogP contribution in [0.1, 0.15) is 5.56 Å². The topological polar surface area (TPSA) is 66.8 Å². The van der Waals surface area contributed by atoms with E-state index in [1.165, 1.54) is 0 Å². The molecule has 0 saturated heterocycles. The number of carboxylic acid groups (broad SMARTS) is 1. The van der Waals surface area contributed by atoms with E-state index in [2.05, 4.69) is 0 Å². The number of hydrogen-bond acceptors (Lipinski definition) is 3. The predicted molar refractivity (Wildman–Crippen MR) is 53.6 cm³/mol. The van der Waals surface area contributed by atoms with Gasteiger partial charge in [0.25, 0.3) is 0 Å². The van der Waals surface area contributed by atoms with E-state index in [0.29, 0.717) is 11.3 Å². The molecule has 0 saturated carbocycles. The largest absolute Gasteiger partial charge is 0.478 e. The van der Waals surface area contributed by atoms with Gasteiger partial charge >= 0.3 is 5.97 Å². The number of para-hydroxylation sites is 1. The van der Waals surface area contributed by atoms with E-state index in [4.69, 9.17) is 14.9 Å². The number of aliphatic hydroxyl groups is 1. The number of aliphatic carboxylic acids is 1. The zero-order valence-electron chi connectivity index (χ0n) is 7.88. The van der Waals surface area contributed by atoms with E-state index < -0.39 is 12.1 Å². The summed E-state index contributed by atoms with van der Waals surface area (Å²) in [6.07, 6.45) is 0.572. The van der Waals surface area contributed by atoms with Gasteiger partial charge in [0.2, 0.25) is 6.10 Å². The van der Waals surface area contributed by atoms with Gasteiger partial charge in [0.1, 0.15) is 5.75 Å². The third kappa shape index (κ3) is 1.71. The van der Waals surface area contributed by atoms with E-state index >= 15 is 0 Å². The number of rotatable bonds is 2. The van der Waals surface area contributed by atoms with Crippen molar-refractivity contribution in [3.05, 3.63) is 35.4 Å². The van der Waals surface area contributed by atoms with Crippen LogP contribution >= 0.6 is 0 Å². The van der Waals surface area contributed by atoms with Crippen LogP contribution in [-0.2, 0) is 4.79 Å². The molecule has 1 aliphatic rings. The van der Waals surface area contributed by atoms with Crippen molar-refractivity contribution in [1.82, 2.24) is 0 Å². The Kier molecular flexibility index (Phi) is 2.43. The van der Waals surface area contributed by atoms with Crippen molar-refractivity contribution in [1.29, 1.82) is 0 Å². The first-order valence-corrected chi connectivity index (χ1v) is 4.52. The monoisotopic (exact) mass is 206 g/mol. The Hall–Kier alpha value is -1.81. The molecule has 0 bridgehead atoms. The molecule has 15 heavy (non-hydrogen) atoms. The van der Waals surface area contributed by atoms with Gasteiger partial charge in [-0.3, -0.25) is 0 Å². The molecule has 1 aromatic carbocycles. The lowest BCUT2D eigenvalue weighted by atomic mass is 10.0. The highest BCUT2D eigenvalue weighted by Crippen LogP contribution is 2.29. The Balaban J connectivity index is 2.43. The quantitative estimate of drug-likeness (QED) is 0.754. The van der Waals surface area contributed by atoms with Crippen LogP contribution in [0.5, 0.6) is 5.75 Å². The summed E-state index contributed by atoms with van der Waals surface area (Å²) >= 11 is 0. The molecule has 0 fully saturated rings. The first kappa shape index (κ1) is 9.73. The van der Waals surface area contributed by atoms with Gasteiger partial charge in [0.05, 0.1) is 6.61 Å². The van der Waals surface area contributed by atoms with Gasteiger partial charge in [0.15, 0.2) is 0 Å². The minimum absolute atomic E-state index is 0.314. The van der Waals surface area contributed by atoms with Crippen LogP contribution in [0, 0.1) is 0 Å². The van der Waals surface area contributed by atoms with Crippen LogP contribution < -0.4 is 4.74 Å². The molecule has 78 valence electrons. The molecule has 1 aliphatic heterocycles. The fourth-order valence-electron chi connectivity index (χ4n) is 1.52. The summed E-state index contributed by atoms with van der Waals surface area (Å²) in [5, 5.41) is 17.9. The Morgan fingerprint density at radius 3 is 2.80 bits per heavy atom. The van der Waals surface area contributed by atoms with Crippen LogP contribution in [0.3, 0.4) is 0 Å². The summed E-state index contributed by atoms with van der Waals surface area (Å²) < 4.78 is 5.27. The van der Waals surface area contributed by atoms with Gasteiger partial charge in [0, 0.05) is 11.1 Å². The van der Waals surface area contributed by atoms with Crippen molar-refractivity contribution in [2.45, 2.75) is 6.10 Å². The molecule has 4 nitrogen and oxygen atoms in total. The van der Waals surface area contributed by atoms with Gasteiger partial charge in [-0.2, -0.15) is 0 Å². The van der Waals surface area contributed by atoms with Crippen LogP contribution in [0.15, 0.2) is 29.8 Å². The molecule has 1 heterocycles. The van der Waals surface area contributed by atoms with E-state index in [0.717, 1.165) is 5.56 Å². The molecule has 1 aromatic rings. The highest BCUT2D eigenvalue weighted by atomic mass is 16.5. The maximum Gasteiger partial charge on any atom is 0.349 e. The summed E-state index contributed by atoms with van der Waals surface area (Å²) in [6, 6.07) is 7.11. The molecule has 0 radical (unpaired) electrons. The number of fused-ring (bicyclic) bond motifs is 1. The number of ether oxygens (including phenoxy) is 1.